The van der Waals surface area contributed by atoms with E-state index in [2.05, 4.69) is 48.4 Å². The molecule has 0 saturated carbocycles. The Morgan fingerprint density at radius 1 is 1.30 bits per heavy atom. The molecule has 20 heavy (non-hydrogen) atoms. The van der Waals surface area contributed by atoms with Gasteiger partial charge in [-0.3, -0.25) is 4.98 Å². The van der Waals surface area contributed by atoms with E-state index in [9.17, 15) is 0 Å². The van der Waals surface area contributed by atoms with Gasteiger partial charge in [-0.15, -0.1) is 0 Å². The summed E-state index contributed by atoms with van der Waals surface area (Å²) in [4.78, 5) is 4.05. The normalized spacial score (nSPS) is 12.3. The molecule has 1 unspecified atom stereocenters. The average molecular weight is 289 g/mol. The van der Waals surface area contributed by atoms with Crippen molar-refractivity contribution in [2.24, 2.45) is 0 Å². The van der Waals surface area contributed by atoms with Crippen LogP contribution in [-0.2, 0) is 6.42 Å². The van der Waals surface area contributed by atoms with Crippen LogP contribution in [0.1, 0.15) is 36.1 Å². The Morgan fingerprint density at radius 3 is 2.85 bits per heavy atom. The van der Waals surface area contributed by atoms with Crippen LogP contribution < -0.4 is 5.32 Å². The highest BCUT2D eigenvalue weighted by Crippen LogP contribution is 2.23. The van der Waals surface area contributed by atoms with E-state index in [1.54, 1.807) is 12.4 Å². The quantitative estimate of drug-likeness (QED) is 0.856. The predicted octanol–water partition coefficient (Wildman–Crippen LogP) is 4.33. The number of benzene rings is 1. The maximum atomic E-state index is 6.23. The predicted molar refractivity (Wildman–Crippen MR) is 85.2 cm³/mol. The van der Waals surface area contributed by atoms with Gasteiger partial charge in [0.15, 0.2) is 0 Å². The zero-order chi connectivity index (χ0) is 14.4. The number of rotatable bonds is 6. The molecule has 1 aromatic heterocycles. The molecule has 106 valence electrons. The summed E-state index contributed by atoms with van der Waals surface area (Å²) in [6.07, 6.45) is 5.51. The van der Waals surface area contributed by atoms with Crippen LogP contribution in [-0.4, -0.2) is 11.5 Å². The number of nitrogens with one attached hydrogen (secondary N) is 1. The first-order chi connectivity index (χ1) is 9.70. The van der Waals surface area contributed by atoms with Gasteiger partial charge < -0.3 is 5.32 Å². The van der Waals surface area contributed by atoms with Gasteiger partial charge in [0.05, 0.1) is 5.02 Å². The van der Waals surface area contributed by atoms with E-state index >= 15 is 0 Å². The van der Waals surface area contributed by atoms with Gasteiger partial charge in [0, 0.05) is 18.4 Å². The first kappa shape index (κ1) is 15.0. The van der Waals surface area contributed by atoms with Gasteiger partial charge in [-0.05, 0) is 43.5 Å². The van der Waals surface area contributed by atoms with Crippen molar-refractivity contribution in [3.63, 3.8) is 0 Å². The Morgan fingerprint density at radius 2 is 2.15 bits per heavy atom. The second-order valence-electron chi connectivity index (χ2n) is 5.09. The van der Waals surface area contributed by atoms with E-state index in [4.69, 9.17) is 11.6 Å². The molecule has 1 N–H and O–H groups in total. The molecule has 0 fully saturated rings. The number of aromatic nitrogens is 1. The fraction of sp³-hybridized carbons (Fsp3) is 0.353. The number of aryl methyl sites for hydroxylation is 1. The standard InChI is InChI=1S/C17H21ClN2/c1-3-8-20-17(15-6-4-5-13(2)10-15)11-14-7-9-19-12-16(14)18/h4-7,9-10,12,17,20H,3,8,11H2,1-2H3. The van der Waals surface area contributed by atoms with Crippen LogP contribution in [0.2, 0.25) is 5.02 Å². The number of hydrogen-bond donors (Lipinski definition) is 1. The summed E-state index contributed by atoms with van der Waals surface area (Å²) in [7, 11) is 0. The lowest BCUT2D eigenvalue weighted by molar-refractivity contribution is 0.529. The van der Waals surface area contributed by atoms with E-state index in [1.807, 2.05) is 6.07 Å². The van der Waals surface area contributed by atoms with Gasteiger partial charge >= 0.3 is 0 Å². The second-order valence-corrected chi connectivity index (χ2v) is 5.50. The van der Waals surface area contributed by atoms with Crippen LogP contribution in [0.3, 0.4) is 0 Å². The molecule has 0 saturated heterocycles. The minimum absolute atomic E-state index is 0.287. The summed E-state index contributed by atoms with van der Waals surface area (Å²) in [6, 6.07) is 10.9. The summed E-state index contributed by atoms with van der Waals surface area (Å²) >= 11 is 6.23. The zero-order valence-corrected chi connectivity index (χ0v) is 12.8. The summed E-state index contributed by atoms with van der Waals surface area (Å²) in [5, 5.41) is 4.35. The van der Waals surface area contributed by atoms with E-state index < -0.39 is 0 Å². The monoisotopic (exact) mass is 288 g/mol. The Bertz CT molecular complexity index is 554. The van der Waals surface area contributed by atoms with E-state index in [1.165, 1.54) is 11.1 Å². The SMILES string of the molecule is CCCNC(Cc1ccncc1Cl)c1cccc(C)c1. The molecule has 2 aromatic rings. The highest BCUT2D eigenvalue weighted by atomic mass is 35.5. The molecular formula is C17H21ClN2. The fourth-order valence-corrected chi connectivity index (χ4v) is 2.50. The number of hydrogen-bond acceptors (Lipinski definition) is 2. The fourth-order valence-electron chi connectivity index (χ4n) is 2.30. The minimum Gasteiger partial charge on any atom is -0.310 e. The molecule has 0 aliphatic heterocycles. The molecule has 1 aromatic carbocycles. The van der Waals surface area contributed by atoms with Crippen molar-refractivity contribution in [1.82, 2.24) is 10.3 Å². The van der Waals surface area contributed by atoms with Crippen LogP contribution in [0.4, 0.5) is 0 Å². The zero-order valence-electron chi connectivity index (χ0n) is 12.1. The second kappa shape index (κ2) is 7.41. The largest absolute Gasteiger partial charge is 0.310 e. The third-order valence-corrected chi connectivity index (χ3v) is 3.71. The van der Waals surface area contributed by atoms with Crippen LogP contribution in [0.15, 0.2) is 42.7 Å². The van der Waals surface area contributed by atoms with Gasteiger partial charge in [-0.25, -0.2) is 0 Å². The first-order valence-electron chi connectivity index (χ1n) is 7.09. The first-order valence-corrected chi connectivity index (χ1v) is 7.47. The van der Waals surface area contributed by atoms with E-state index in [0.29, 0.717) is 0 Å². The Kier molecular flexibility index (Phi) is 5.57. The van der Waals surface area contributed by atoms with Crippen molar-refractivity contribution in [2.75, 3.05) is 6.54 Å². The molecule has 0 aliphatic rings. The molecule has 0 aliphatic carbocycles. The van der Waals surface area contributed by atoms with Crippen molar-refractivity contribution < 1.29 is 0 Å². The summed E-state index contributed by atoms with van der Waals surface area (Å²) < 4.78 is 0. The minimum atomic E-state index is 0.287. The third-order valence-electron chi connectivity index (χ3n) is 3.37. The van der Waals surface area contributed by atoms with Gasteiger partial charge in [0.25, 0.3) is 0 Å². The summed E-state index contributed by atoms with van der Waals surface area (Å²) in [5.74, 6) is 0. The van der Waals surface area contributed by atoms with Crippen molar-refractivity contribution in [3.8, 4) is 0 Å². The molecule has 2 rings (SSSR count). The van der Waals surface area contributed by atoms with E-state index in [-0.39, 0.29) is 6.04 Å². The van der Waals surface area contributed by atoms with Gasteiger partial charge in [-0.1, -0.05) is 48.4 Å². The molecular weight excluding hydrogens is 268 g/mol. The Labute approximate surface area is 126 Å². The highest BCUT2D eigenvalue weighted by Gasteiger charge is 2.13. The van der Waals surface area contributed by atoms with Crippen molar-refractivity contribution in [2.45, 2.75) is 32.7 Å². The van der Waals surface area contributed by atoms with Crippen LogP contribution in [0.5, 0.6) is 0 Å². The van der Waals surface area contributed by atoms with Gasteiger partial charge in [-0.2, -0.15) is 0 Å². The van der Waals surface area contributed by atoms with Crippen LogP contribution in [0.25, 0.3) is 0 Å². The smallest absolute Gasteiger partial charge is 0.0622 e. The van der Waals surface area contributed by atoms with Crippen molar-refractivity contribution in [3.05, 3.63) is 64.4 Å². The molecule has 0 spiro atoms. The van der Waals surface area contributed by atoms with Gasteiger partial charge in [0.1, 0.15) is 0 Å². The number of pyridine rings is 1. The average Bonchev–Trinajstić information content (AvgIpc) is 2.45. The lowest BCUT2D eigenvalue weighted by Gasteiger charge is -2.20. The number of nitrogens with zero attached hydrogens (tertiary/aromatic N) is 1. The van der Waals surface area contributed by atoms with Crippen molar-refractivity contribution in [1.29, 1.82) is 0 Å². The molecule has 0 bridgehead atoms. The summed E-state index contributed by atoms with van der Waals surface area (Å²) in [5.41, 5.74) is 3.73. The van der Waals surface area contributed by atoms with Gasteiger partial charge in [0.2, 0.25) is 0 Å². The highest BCUT2D eigenvalue weighted by molar-refractivity contribution is 6.31. The lowest BCUT2D eigenvalue weighted by atomic mass is 9.98. The molecule has 1 heterocycles. The van der Waals surface area contributed by atoms with E-state index in [0.717, 1.165) is 30.0 Å². The Hall–Kier alpha value is -1.38. The maximum absolute atomic E-state index is 6.23. The van der Waals surface area contributed by atoms with Crippen LogP contribution >= 0.6 is 11.6 Å². The molecule has 3 heteroatoms. The lowest BCUT2D eigenvalue weighted by Crippen LogP contribution is -2.24. The van der Waals surface area contributed by atoms with Crippen molar-refractivity contribution >= 4 is 11.6 Å². The third kappa shape index (κ3) is 4.06. The topological polar surface area (TPSA) is 24.9 Å². The maximum Gasteiger partial charge on any atom is 0.0622 e. The molecule has 0 radical (unpaired) electrons. The molecule has 2 nitrogen and oxygen atoms in total. The summed E-state index contributed by atoms with van der Waals surface area (Å²) in [6.45, 7) is 5.31. The molecule has 0 amide bonds. The van der Waals surface area contributed by atoms with Crippen LogP contribution in [0, 0.1) is 6.92 Å². The Balaban J connectivity index is 2.21. The molecule has 1 atom stereocenters. The number of halogens is 1.